The normalized spacial score (nSPS) is 9.33. The quantitative estimate of drug-likeness (QED) is 0.353. The minimum absolute atomic E-state index is 0.159. The third-order valence-electron chi connectivity index (χ3n) is 2.27. The predicted octanol–water partition coefficient (Wildman–Crippen LogP) is 0.238. The van der Waals surface area contributed by atoms with Gasteiger partial charge in [0.1, 0.15) is 0 Å². The minimum Gasteiger partial charge on any atom is -0.452 e. The van der Waals surface area contributed by atoms with Crippen molar-refractivity contribution in [2.24, 2.45) is 0 Å². The average molecular weight is 340 g/mol. The molecule has 0 aromatic carbocycles. The van der Waals surface area contributed by atoms with Crippen LogP contribution in [0.15, 0.2) is 23.3 Å². The summed E-state index contributed by atoms with van der Waals surface area (Å²) in [5, 5.41) is 4.94. The summed E-state index contributed by atoms with van der Waals surface area (Å²) >= 11 is 0. The Kier molecular flexibility index (Phi) is 10.6. The molecule has 8 nitrogen and oxygen atoms in total. The Morgan fingerprint density at radius 3 is 1.33 bits per heavy atom. The van der Waals surface area contributed by atoms with E-state index in [4.69, 9.17) is 9.47 Å². The summed E-state index contributed by atoms with van der Waals surface area (Å²) < 4.78 is 9.42. The summed E-state index contributed by atoms with van der Waals surface area (Å²) in [5.41, 5.74) is 1.54. The zero-order chi connectivity index (χ0) is 18.5. The largest absolute Gasteiger partial charge is 0.452 e. The molecular formula is C16H24N2O6. The van der Waals surface area contributed by atoms with E-state index in [2.05, 4.69) is 10.6 Å². The molecule has 0 saturated heterocycles. The Morgan fingerprint density at radius 1 is 0.708 bits per heavy atom. The molecule has 0 bridgehead atoms. The lowest BCUT2D eigenvalue weighted by Gasteiger charge is -2.07. The molecule has 0 heterocycles. The molecule has 0 aromatic rings. The first-order valence-electron chi connectivity index (χ1n) is 7.37. The lowest BCUT2D eigenvalue weighted by Crippen LogP contribution is -2.38. The maximum Gasteiger partial charge on any atom is 0.331 e. The van der Waals surface area contributed by atoms with E-state index >= 15 is 0 Å². The zero-order valence-corrected chi connectivity index (χ0v) is 14.4. The lowest BCUT2D eigenvalue weighted by molar-refractivity contribution is -0.144. The number of esters is 2. The summed E-state index contributed by atoms with van der Waals surface area (Å²) in [6.07, 6.45) is 2.56. The first-order chi connectivity index (χ1) is 11.2. The van der Waals surface area contributed by atoms with E-state index in [1.807, 2.05) is 0 Å². The van der Waals surface area contributed by atoms with Gasteiger partial charge in [0.15, 0.2) is 13.2 Å². The van der Waals surface area contributed by atoms with Crippen LogP contribution in [-0.4, -0.2) is 50.1 Å². The molecule has 134 valence electrons. The number of ether oxygens (including phenoxy) is 2. The van der Waals surface area contributed by atoms with Crippen LogP contribution >= 0.6 is 0 Å². The van der Waals surface area contributed by atoms with E-state index in [-0.39, 0.29) is 13.1 Å². The number of carbonyl (C=O) groups excluding carboxylic acids is 4. The van der Waals surface area contributed by atoms with Gasteiger partial charge in [-0.1, -0.05) is 11.1 Å². The topological polar surface area (TPSA) is 111 Å². The molecule has 2 N–H and O–H groups in total. The van der Waals surface area contributed by atoms with Gasteiger partial charge >= 0.3 is 11.9 Å². The van der Waals surface area contributed by atoms with Crippen LogP contribution in [0.25, 0.3) is 0 Å². The number of rotatable bonds is 9. The zero-order valence-electron chi connectivity index (χ0n) is 14.4. The Bertz CT molecular complexity index is 481. The maximum absolute atomic E-state index is 11.4. The molecule has 0 radical (unpaired) electrons. The minimum atomic E-state index is -0.586. The van der Waals surface area contributed by atoms with Crippen molar-refractivity contribution < 1.29 is 28.7 Å². The van der Waals surface area contributed by atoms with Crippen molar-refractivity contribution in [2.45, 2.75) is 27.7 Å². The molecule has 0 aromatic heterocycles. The highest BCUT2D eigenvalue weighted by Crippen LogP contribution is 1.91. The van der Waals surface area contributed by atoms with Crippen molar-refractivity contribution >= 4 is 23.8 Å². The first kappa shape index (κ1) is 21.4. The second-order valence-electron chi connectivity index (χ2n) is 5.36. The number of hydrogen-bond donors (Lipinski definition) is 2. The molecule has 24 heavy (non-hydrogen) atoms. The molecule has 0 aliphatic carbocycles. The monoisotopic (exact) mass is 340 g/mol. The summed E-state index contributed by atoms with van der Waals surface area (Å²) in [6.45, 7) is 6.48. The second-order valence-corrected chi connectivity index (χ2v) is 5.36. The molecule has 0 saturated carbocycles. The Morgan fingerprint density at radius 2 is 1.04 bits per heavy atom. The molecule has 0 aliphatic rings. The van der Waals surface area contributed by atoms with E-state index < -0.39 is 37.0 Å². The second kappa shape index (κ2) is 11.9. The number of amides is 2. The number of nitrogens with one attached hydrogen (secondary N) is 2. The predicted molar refractivity (Wildman–Crippen MR) is 86.8 cm³/mol. The maximum atomic E-state index is 11.4. The fraction of sp³-hybridized carbons (Fsp3) is 0.500. The highest BCUT2D eigenvalue weighted by Gasteiger charge is 2.07. The van der Waals surface area contributed by atoms with Gasteiger partial charge in [0.2, 0.25) is 0 Å². The Balaban J connectivity index is 3.78. The van der Waals surface area contributed by atoms with E-state index in [1.165, 1.54) is 12.2 Å². The van der Waals surface area contributed by atoms with Crippen molar-refractivity contribution in [2.75, 3.05) is 26.3 Å². The Labute approximate surface area is 141 Å². The summed E-state index contributed by atoms with van der Waals surface area (Å²) in [7, 11) is 0. The SMILES string of the molecule is CC(C)=CC(=O)OCC(=O)NCCNC(=O)COC(=O)C=C(C)C. The van der Waals surface area contributed by atoms with E-state index in [9.17, 15) is 19.2 Å². The van der Waals surface area contributed by atoms with Crippen LogP contribution in [0.3, 0.4) is 0 Å². The fourth-order valence-electron chi connectivity index (χ4n) is 1.33. The van der Waals surface area contributed by atoms with Crippen LogP contribution in [0.2, 0.25) is 0 Å². The molecule has 0 fully saturated rings. The number of hydrogen-bond acceptors (Lipinski definition) is 6. The van der Waals surface area contributed by atoms with Crippen molar-refractivity contribution in [3.8, 4) is 0 Å². The highest BCUT2D eigenvalue weighted by molar-refractivity contribution is 5.86. The third-order valence-corrected chi connectivity index (χ3v) is 2.27. The van der Waals surface area contributed by atoms with Crippen molar-refractivity contribution in [1.29, 1.82) is 0 Å². The summed E-state index contributed by atoms with van der Waals surface area (Å²) in [5.74, 6) is -2.13. The van der Waals surface area contributed by atoms with Crippen molar-refractivity contribution in [3.05, 3.63) is 23.3 Å². The lowest BCUT2D eigenvalue weighted by atomic mass is 10.3. The average Bonchev–Trinajstić information content (AvgIpc) is 2.46. The van der Waals surface area contributed by atoms with Gasteiger partial charge in [0, 0.05) is 25.2 Å². The first-order valence-corrected chi connectivity index (χ1v) is 7.37. The van der Waals surface area contributed by atoms with E-state index in [1.54, 1.807) is 27.7 Å². The summed E-state index contributed by atoms with van der Waals surface area (Å²) in [6, 6.07) is 0. The van der Waals surface area contributed by atoms with Gasteiger partial charge < -0.3 is 20.1 Å². The Hall–Kier alpha value is -2.64. The van der Waals surface area contributed by atoms with E-state index in [0.29, 0.717) is 0 Å². The standard InChI is InChI=1S/C16H24N2O6/c1-11(2)7-15(21)23-9-13(19)17-5-6-18-14(20)10-24-16(22)8-12(3)4/h7-8H,5-6,9-10H2,1-4H3,(H,17,19)(H,18,20). The molecule has 0 spiro atoms. The van der Waals surface area contributed by atoms with Crippen LogP contribution in [0.4, 0.5) is 0 Å². The fourth-order valence-corrected chi connectivity index (χ4v) is 1.33. The third kappa shape index (κ3) is 13.1. The van der Waals surface area contributed by atoms with Gasteiger partial charge in [-0.05, 0) is 27.7 Å². The molecule has 0 unspecified atom stereocenters. The molecular weight excluding hydrogens is 316 g/mol. The highest BCUT2D eigenvalue weighted by atomic mass is 16.5. The van der Waals surface area contributed by atoms with Crippen LogP contribution in [0.1, 0.15) is 27.7 Å². The molecule has 8 heteroatoms. The van der Waals surface area contributed by atoms with Gasteiger partial charge in [-0.2, -0.15) is 0 Å². The molecule has 0 aliphatic heterocycles. The van der Waals surface area contributed by atoms with Crippen LogP contribution in [0.5, 0.6) is 0 Å². The number of carbonyl (C=O) groups is 4. The number of allylic oxidation sites excluding steroid dienone is 2. The van der Waals surface area contributed by atoms with Gasteiger partial charge in [-0.15, -0.1) is 0 Å². The van der Waals surface area contributed by atoms with Gasteiger partial charge in [0.25, 0.3) is 11.8 Å². The van der Waals surface area contributed by atoms with Gasteiger partial charge in [-0.3, -0.25) is 9.59 Å². The smallest absolute Gasteiger partial charge is 0.331 e. The van der Waals surface area contributed by atoms with Crippen LogP contribution in [-0.2, 0) is 28.7 Å². The van der Waals surface area contributed by atoms with Crippen LogP contribution < -0.4 is 10.6 Å². The summed E-state index contributed by atoms with van der Waals surface area (Å²) in [4.78, 5) is 45.2. The van der Waals surface area contributed by atoms with Crippen molar-refractivity contribution in [1.82, 2.24) is 10.6 Å². The van der Waals surface area contributed by atoms with Crippen molar-refractivity contribution in [3.63, 3.8) is 0 Å². The molecule has 2 amide bonds. The molecule has 0 rings (SSSR count). The van der Waals surface area contributed by atoms with Gasteiger partial charge in [-0.25, -0.2) is 9.59 Å². The van der Waals surface area contributed by atoms with Gasteiger partial charge in [0.05, 0.1) is 0 Å². The van der Waals surface area contributed by atoms with Crippen LogP contribution in [0, 0.1) is 0 Å². The van der Waals surface area contributed by atoms with E-state index in [0.717, 1.165) is 11.1 Å². The molecule has 0 atom stereocenters.